The molecular formula is C20H25N3OS. The monoisotopic (exact) mass is 355 g/mol. The van der Waals surface area contributed by atoms with Crippen LogP contribution in [0.2, 0.25) is 0 Å². The summed E-state index contributed by atoms with van der Waals surface area (Å²) < 4.78 is 0. The number of carbonyl (C=O) groups excluding carboxylic acids is 1. The number of benzene rings is 1. The van der Waals surface area contributed by atoms with E-state index in [1.54, 1.807) is 11.3 Å². The minimum atomic E-state index is -0.358. The Hall–Kier alpha value is -2.14. The molecule has 25 heavy (non-hydrogen) atoms. The van der Waals surface area contributed by atoms with Crippen molar-refractivity contribution in [2.24, 2.45) is 10.7 Å². The number of nitrogens with zero attached hydrogens (tertiary/aromatic N) is 2. The van der Waals surface area contributed by atoms with E-state index >= 15 is 0 Å². The fourth-order valence-electron chi connectivity index (χ4n) is 3.39. The SMILES string of the molecule is CCN(CC)c1ccc(/C=N/c2sc3c(c2C(N)=O)CCCC3)cc1. The molecular weight excluding hydrogens is 330 g/mol. The number of thiophene rings is 1. The molecule has 0 saturated heterocycles. The highest BCUT2D eigenvalue weighted by molar-refractivity contribution is 7.16. The van der Waals surface area contributed by atoms with Crippen molar-refractivity contribution >= 4 is 34.1 Å². The van der Waals surface area contributed by atoms with Crippen molar-refractivity contribution in [1.29, 1.82) is 0 Å². The van der Waals surface area contributed by atoms with Crippen LogP contribution < -0.4 is 10.6 Å². The summed E-state index contributed by atoms with van der Waals surface area (Å²) in [6, 6.07) is 8.36. The third kappa shape index (κ3) is 3.76. The van der Waals surface area contributed by atoms with Crippen molar-refractivity contribution in [2.75, 3.05) is 18.0 Å². The van der Waals surface area contributed by atoms with Gasteiger partial charge in [-0.1, -0.05) is 12.1 Å². The molecule has 5 heteroatoms. The summed E-state index contributed by atoms with van der Waals surface area (Å²) in [5, 5.41) is 0.757. The molecule has 1 heterocycles. The van der Waals surface area contributed by atoms with E-state index in [0.29, 0.717) is 5.56 Å². The smallest absolute Gasteiger partial charge is 0.252 e. The van der Waals surface area contributed by atoms with Gasteiger partial charge in [-0.2, -0.15) is 0 Å². The maximum absolute atomic E-state index is 11.9. The Morgan fingerprint density at radius 3 is 2.52 bits per heavy atom. The van der Waals surface area contributed by atoms with Crippen molar-refractivity contribution in [2.45, 2.75) is 39.5 Å². The van der Waals surface area contributed by atoms with Gasteiger partial charge in [0.15, 0.2) is 0 Å². The predicted molar refractivity (Wildman–Crippen MR) is 107 cm³/mol. The number of anilines is 1. The van der Waals surface area contributed by atoms with E-state index in [4.69, 9.17) is 5.73 Å². The summed E-state index contributed by atoms with van der Waals surface area (Å²) in [5.74, 6) is -0.358. The third-order valence-corrected chi connectivity index (χ3v) is 5.95. The van der Waals surface area contributed by atoms with Crippen molar-refractivity contribution in [3.8, 4) is 0 Å². The second kappa shape index (κ2) is 7.83. The molecule has 0 atom stereocenters. The van der Waals surface area contributed by atoms with Gasteiger partial charge in [0.1, 0.15) is 5.00 Å². The van der Waals surface area contributed by atoms with E-state index < -0.39 is 0 Å². The highest BCUT2D eigenvalue weighted by Crippen LogP contribution is 2.39. The maximum Gasteiger partial charge on any atom is 0.252 e. The zero-order chi connectivity index (χ0) is 17.8. The molecule has 0 unspecified atom stereocenters. The van der Waals surface area contributed by atoms with Crippen LogP contribution in [-0.2, 0) is 12.8 Å². The molecule has 0 fully saturated rings. The average molecular weight is 356 g/mol. The standard InChI is InChI=1S/C20H25N3OS/c1-3-23(4-2)15-11-9-14(10-12-15)13-22-20-18(19(21)24)16-7-5-6-8-17(16)25-20/h9-13H,3-8H2,1-2H3,(H2,21,24)/b22-13+. The van der Waals surface area contributed by atoms with E-state index in [1.165, 1.54) is 17.0 Å². The van der Waals surface area contributed by atoms with E-state index in [9.17, 15) is 4.79 Å². The molecule has 132 valence electrons. The van der Waals surface area contributed by atoms with E-state index in [1.807, 2.05) is 6.21 Å². The summed E-state index contributed by atoms with van der Waals surface area (Å²) in [6.45, 7) is 6.30. The summed E-state index contributed by atoms with van der Waals surface area (Å²) in [6.07, 6.45) is 6.12. The molecule has 1 amide bonds. The first kappa shape index (κ1) is 17.7. The number of hydrogen-bond donors (Lipinski definition) is 1. The van der Waals surface area contributed by atoms with Gasteiger partial charge in [-0.15, -0.1) is 11.3 Å². The summed E-state index contributed by atoms with van der Waals surface area (Å²) in [7, 11) is 0. The molecule has 0 saturated carbocycles. The van der Waals surface area contributed by atoms with Crippen LogP contribution in [-0.4, -0.2) is 25.2 Å². The Morgan fingerprint density at radius 2 is 1.88 bits per heavy atom. The minimum Gasteiger partial charge on any atom is -0.372 e. The Labute approximate surface area is 153 Å². The molecule has 1 aromatic heterocycles. The van der Waals surface area contributed by atoms with Gasteiger partial charge in [0.05, 0.1) is 5.56 Å². The fraction of sp³-hybridized carbons (Fsp3) is 0.400. The van der Waals surface area contributed by atoms with Gasteiger partial charge >= 0.3 is 0 Å². The van der Waals surface area contributed by atoms with E-state index in [2.05, 4.69) is 48.0 Å². The molecule has 3 rings (SSSR count). The number of primary amides is 1. The number of hydrogen-bond acceptors (Lipinski definition) is 4. The van der Waals surface area contributed by atoms with Crippen molar-refractivity contribution < 1.29 is 4.79 Å². The molecule has 2 aromatic rings. The molecule has 1 aliphatic carbocycles. The molecule has 0 radical (unpaired) electrons. The second-order valence-electron chi connectivity index (χ2n) is 6.28. The Balaban J connectivity index is 1.85. The van der Waals surface area contributed by atoms with Crippen LogP contribution in [0.25, 0.3) is 0 Å². The number of fused-ring (bicyclic) bond motifs is 1. The molecule has 0 bridgehead atoms. The molecule has 1 aromatic carbocycles. The van der Waals surface area contributed by atoms with Crippen LogP contribution in [0.15, 0.2) is 29.3 Å². The van der Waals surface area contributed by atoms with Crippen molar-refractivity contribution in [1.82, 2.24) is 0 Å². The van der Waals surface area contributed by atoms with E-state index in [0.717, 1.165) is 48.5 Å². The third-order valence-electron chi connectivity index (χ3n) is 4.75. The Kier molecular flexibility index (Phi) is 5.53. The lowest BCUT2D eigenvalue weighted by Gasteiger charge is -2.20. The van der Waals surface area contributed by atoms with Crippen LogP contribution in [0.1, 0.15) is 53.1 Å². The number of aliphatic imine (C=N–C) groups is 1. The Morgan fingerprint density at radius 1 is 1.20 bits per heavy atom. The lowest BCUT2D eigenvalue weighted by molar-refractivity contribution is 0.100. The molecule has 0 spiro atoms. The number of amides is 1. The quantitative estimate of drug-likeness (QED) is 0.784. The van der Waals surface area contributed by atoms with Gasteiger partial charge in [-0.05, 0) is 62.8 Å². The number of carbonyl (C=O) groups is 1. The van der Waals surface area contributed by atoms with Crippen molar-refractivity contribution in [3.63, 3.8) is 0 Å². The summed E-state index contributed by atoms with van der Waals surface area (Å²) in [5.41, 5.74) is 9.63. The van der Waals surface area contributed by atoms with E-state index in [-0.39, 0.29) is 5.91 Å². The average Bonchev–Trinajstić information content (AvgIpc) is 3.00. The summed E-state index contributed by atoms with van der Waals surface area (Å²) >= 11 is 1.62. The van der Waals surface area contributed by atoms with Gasteiger partial charge in [0, 0.05) is 29.9 Å². The first-order valence-electron chi connectivity index (χ1n) is 8.97. The molecule has 4 nitrogen and oxygen atoms in total. The molecule has 1 aliphatic rings. The highest BCUT2D eigenvalue weighted by atomic mass is 32.1. The summed E-state index contributed by atoms with van der Waals surface area (Å²) in [4.78, 5) is 20.1. The zero-order valence-electron chi connectivity index (χ0n) is 14.9. The Bertz CT molecular complexity index is 773. The predicted octanol–water partition coefficient (Wildman–Crippen LogP) is 4.32. The highest BCUT2D eigenvalue weighted by Gasteiger charge is 2.23. The van der Waals surface area contributed by atoms with Gasteiger partial charge in [-0.25, -0.2) is 4.99 Å². The van der Waals surface area contributed by atoms with Crippen LogP contribution >= 0.6 is 11.3 Å². The van der Waals surface area contributed by atoms with Crippen LogP contribution in [0, 0.1) is 0 Å². The zero-order valence-corrected chi connectivity index (χ0v) is 15.7. The second-order valence-corrected chi connectivity index (χ2v) is 7.36. The van der Waals surface area contributed by atoms with Gasteiger partial charge in [0.25, 0.3) is 5.91 Å². The number of nitrogens with two attached hydrogens (primary N) is 1. The van der Waals surface area contributed by atoms with Crippen LogP contribution in [0.5, 0.6) is 0 Å². The van der Waals surface area contributed by atoms with Crippen molar-refractivity contribution in [3.05, 3.63) is 45.8 Å². The van der Waals surface area contributed by atoms with Crippen LogP contribution in [0.3, 0.4) is 0 Å². The van der Waals surface area contributed by atoms with Gasteiger partial charge < -0.3 is 10.6 Å². The number of aryl methyl sites for hydroxylation is 1. The van der Waals surface area contributed by atoms with Gasteiger partial charge in [-0.3, -0.25) is 4.79 Å². The normalized spacial score (nSPS) is 13.8. The first-order valence-corrected chi connectivity index (χ1v) is 9.79. The first-order chi connectivity index (χ1) is 12.1. The molecule has 2 N–H and O–H groups in total. The lowest BCUT2D eigenvalue weighted by Crippen LogP contribution is -2.21. The lowest BCUT2D eigenvalue weighted by atomic mass is 9.95. The fourth-order valence-corrected chi connectivity index (χ4v) is 4.63. The molecule has 0 aliphatic heterocycles. The maximum atomic E-state index is 11.9. The topological polar surface area (TPSA) is 58.7 Å². The largest absolute Gasteiger partial charge is 0.372 e. The van der Waals surface area contributed by atoms with Crippen LogP contribution in [0.4, 0.5) is 10.7 Å². The van der Waals surface area contributed by atoms with Gasteiger partial charge in [0.2, 0.25) is 0 Å². The minimum absolute atomic E-state index is 0.358. The number of rotatable bonds is 6.